The van der Waals surface area contributed by atoms with Gasteiger partial charge in [-0.3, -0.25) is 4.79 Å². The number of nitrogens with one attached hydrogen (secondary N) is 2. The van der Waals surface area contributed by atoms with Crippen LogP contribution in [0, 0.1) is 0 Å². The van der Waals surface area contributed by atoms with Crippen LogP contribution in [0.3, 0.4) is 0 Å². The van der Waals surface area contributed by atoms with Crippen molar-refractivity contribution in [2.75, 3.05) is 13.7 Å². The number of benzene rings is 1. The molecule has 0 saturated carbocycles. The van der Waals surface area contributed by atoms with Gasteiger partial charge < -0.3 is 15.4 Å². The lowest BCUT2D eigenvalue weighted by Gasteiger charge is -2.08. The Morgan fingerprint density at radius 3 is 2.67 bits per heavy atom. The maximum atomic E-state index is 11.6. The van der Waals surface area contributed by atoms with Gasteiger partial charge in [0.1, 0.15) is 5.75 Å². The van der Waals surface area contributed by atoms with E-state index in [0.717, 1.165) is 11.3 Å². The number of hydrogen-bond acceptors (Lipinski definition) is 3. The Hall–Kier alpha value is -1.88. The normalized spacial score (nSPS) is 9.39. The van der Waals surface area contributed by atoms with Gasteiger partial charge in [-0.1, -0.05) is 18.2 Å². The quantitative estimate of drug-likeness (QED) is 0.624. The first-order valence-corrected chi connectivity index (χ1v) is 5.88. The van der Waals surface area contributed by atoms with Crippen LogP contribution in [0.25, 0.3) is 0 Å². The smallest absolute Gasteiger partial charge is 0.230 e. The summed E-state index contributed by atoms with van der Waals surface area (Å²) in [4.78, 5) is 11.6. The third kappa shape index (κ3) is 4.97. The zero-order valence-corrected chi connectivity index (χ0v) is 11.0. The number of carbonyl (C=O) groups is 1. The van der Waals surface area contributed by atoms with Gasteiger partial charge in [0, 0.05) is 6.54 Å². The molecule has 0 unspecified atom stereocenters. The fraction of sp³-hybridized carbons (Fsp3) is 0.231. The monoisotopic (exact) mass is 264 g/mol. The molecule has 4 nitrogen and oxygen atoms in total. The van der Waals surface area contributed by atoms with Gasteiger partial charge in [0.2, 0.25) is 5.91 Å². The molecule has 1 rings (SSSR count). The summed E-state index contributed by atoms with van der Waals surface area (Å²) in [5.74, 6) is 0.615. The number of ether oxygens (including phenoxy) is 1. The number of carbonyl (C=O) groups excluding carboxylic acids is 1. The third-order valence-electron chi connectivity index (χ3n) is 2.18. The molecule has 1 amide bonds. The van der Waals surface area contributed by atoms with Gasteiger partial charge in [-0.2, -0.15) is 0 Å². The molecule has 0 aliphatic carbocycles. The minimum Gasteiger partial charge on any atom is -0.497 e. The summed E-state index contributed by atoms with van der Waals surface area (Å²) >= 11 is 4.94. The summed E-state index contributed by atoms with van der Waals surface area (Å²) < 4.78 is 5.04. The van der Waals surface area contributed by atoms with Crippen LogP contribution in [0.5, 0.6) is 5.75 Å². The highest BCUT2D eigenvalue weighted by Crippen LogP contribution is 2.11. The van der Waals surface area contributed by atoms with Crippen LogP contribution >= 0.6 is 12.2 Å². The van der Waals surface area contributed by atoms with Gasteiger partial charge in [0.25, 0.3) is 0 Å². The van der Waals surface area contributed by atoms with E-state index in [9.17, 15) is 4.79 Å². The number of methoxy groups -OCH3 is 1. The van der Waals surface area contributed by atoms with E-state index in [1.165, 1.54) is 0 Å². The number of thiocarbonyl (C=S) groups is 1. The van der Waals surface area contributed by atoms with Gasteiger partial charge >= 0.3 is 0 Å². The van der Waals surface area contributed by atoms with E-state index >= 15 is 0 Å². The molecule has 18 heavy (non-hydrogen) atoms. The van der Waals surface area contributed by atoms with E-state index in [0.29, 0.717) is 11.7 Å². The van der Waals surface area contributed by atoms with E-state index in [2.05, 4.69) is 17.2 Å². The highest BCUT2D eigenvalue weighted by molar-refractivity contribution is 7.80. The molecule has 0 radical (unpaired) electrons. The lowest BCUT2D eigenvalue weighted by atomic mass is 10.1. The molecular weight excluding hydrogens is 248 g/mol. The summed E-state index contributed by atoms with van der Waals surface area (Å²) in [6.07, 6.45) is 1.95. The summed E-state index contributed by atoms with van der Waals surface area (Å²) in [5.41, 5.74) is 0.903. The molecule has 0 atom stereocenters. The zero-order valence-electron chi connectivity index (χ0n) is 10.2. The molecule has 2 N–H and O–H groups in total. The fourth-order valence-electron chi connectivity index (χ4n) is 1.31. The van der Waals surface area contributed by atoms with Gasteiger partial charge in [-0.25, -0.2) is 0 Å². The SMILES string of the molecule is C=CCNC(=S)NC(=O)Cc1ccc(OC)cc1. The van der Waals surface area contributed by atoms with Crippen LogP contribution in [0.15, 0.2) is 36.9 Å². The Balaban J connectivity index is 2.43. The molecule has 0 fully saturated rings. The van der Waals surface area contributed by atoms with Gasteiger partial charge in [0.05, 0.1) is 13.5 Å². The second kappa shape index (κ2) is 7.45. The highest BCUT2D eigenvalue weighted by atomic mass is 32.1. The van der Waals surface area contributed by atoms with E-state index in [1.807, 2.05) is 24.3 Å². The van der Waals surface area contributed by atoms with Crippen molar-refractivity contribution in [1.29, 1.82) is 0 Å². The Morgan fingerprint density at radius 2 is 2.11 bits per heavy atom. The molecule has 0 aliphatic heterocycles. The molecule has 0 spiro atoms. The summed E-state index contributed by atoms with van der Waals surface area (Å²) in [7, 11) is 1.60. The van der Waals surface area contributed by atoms with Crippen LogP contribution in [0.4, 0.5) is 0 Å². The number of rotatable bonds is 5. The highest BCUT2D eigenvalue weighted by Gasteiger charge is 2.05. The number of hydrogen-bond donors (Lipinski definition) is 2. The standard InChI is InChI=1S/C13H16N2O2S/c1-3-8-14-13(18)15-12(16)9-10-4-6-11(17-2)7-5-10/h3-7H,1,8-9H2,2H3,(H2,14,15,16,18). The molecule has 0 bridgehead atoms. The zero-order chi connectivity index (χ0) is 13.4. The van der Waals surface area contributed by atoms with Gasteiger partial charge in [0.15, 0.2) is 5.11 Å². The van der Waals surface area contributed by atoms with Crippen molar-refractivity contribution >= 4 is 23.2 Å². The summed E-state index contributed by atoms with van der Waals surface area (Å²) in [5, 5.41) is 5.74. The Morgan fingerprint density at radius 1 is 1.44 bits per heavy atom. The van der Waals surface area contributed by atoms with Gasteiger partial charge in [-0.05, 0) is 29.9 Å². The molecular formula is C13H16N2O2S. The van der Waals surface area contributed by atoms with E-state index in [1.54, 1.807) is 13.2 Å². The Bertz CT molecular complexity index is 429. The van der Waals surface area contributed by atoms with Crippen LogP contribution in [0.2, 0.25) is 0 Å². The minimum atomic E-state index is -0.151. The van der Waals surface area contributed by atoms with Crippen molar-refractivity contribution in [2.45, 2.75) is 6.42 Å². The molecule has 1 aromatic carbocycles. The fourth-order valence-corrected chi connectivity index (χ4v) is 1.51. The van der Waals surface area contributed by atoms with Crippen LogP contribution in [-0.2, 0) is 11.2 Å². The number of amides is 1. The Kier molecular flexibility index (Phi) is 5.87. The van der Waals surface area contributed by atoms with Crippen LogP contribution in [-0.4, -0.2) is 24.7 Å². The van der Waals surface area contributed by atoms with Crippen molar-refractivity contribution in [1.82, 2.24) is 10.6 Å². The van der Waals surface area contributed by atoms with Crippen molar-refractivity contribution in [3.05, 3.63) is 42.5 Å². The minimum absolute atomic E-state index is 0.151. The van der Waals surface area contributed by atoms with Crippen molar-refractivity contribution in [3.63, 3.8) is 0 Å². The molecule has 96 valence electrons. The molecule has 0 heterocycles. The van der Waals surface area contributed by atoms with Crippen molar-refractivity contribution in [2.24, 2.45) is 0 Å². The first kappa shape index (κ1) is 14.2. The third-order valence-corrected chi connectivity index (χ3v) is 2.43. The second-order valence-electron chi connectivity index (χ2n) is 3.57. The van der Waals surface area contributed by atoms with Gasteiger partial charge in [-0.15, -0.1) is 6.58 Å². The summed E-state index contributed by atoms with van der Waals surface area (Å²) in [6, 6.07) is 7.32. The summed E-state index contributed by atoms with van der Waals surface area (Å²) in [6.45, 7) is 4.08. The maximum absolute atomic E-state index is 11.6. The predicted octanol–water partition coefficient (Wildman–Crippen LogP) is 1.41. The van der Waals surface area contributed by atoms with E-state index in [4.69, 9.17) is 17.0 Å². The molecule has 5 heteroatoms. The lowest BCUT2D eigenvalue weighted by molar-refractivity contribution is -0.119. The predicted molar refractivity (Wildman–Crippen MR) is 75.6 cm³/mol. The van der Waals surface area contributed by atoms with E-state index < -0.39 is 0 Å². The second-order valence-corrected chi connectivity index (χ2v) is 3.98. The Labute approximate surface area is 112 Å². The van der Waals surface area contributed by atoms with Crippen LogP contribution < -0.4 is 15.4 Å². The molecule has 1 aromatic rings. The molecule has 0 aromatic heterocycles. The average molecular weight is 264 g/mol. The topological polar surface area (TPSA) is 50.4 Å². The maximum Gasteiger partial charge on any atom is 0.230 e. The van der Waals surface area contributed by atoms with Crippen LogP contribution in [0.1, 0.15) is 5.56 Å². The lowest BCUT2D eigenvalue weighted by Crippen LogP contribution is -2.39. The largest absolute Gasteiger partial charge is 0.497 e. The van der Waals surface area contributed by atoms with Crippen molar-refractivity contribution < 1.29 is 9.53 Å². The van der Waals surface area contributed by atoms with E-state index in [-0.39, 0.29) is 12.3 Å². The first-order valence-electron chi connectivity index (χ1n) is 5.47. The van der Waals surface area contributed by atoms with Crippen molar-refractivity contribution in [3.8, 4) is 5.75 Å². The average Bonchev–Trinajstić information content (AvgIpc) is 2.37. The molecule has 0 aliphatic rings. The first-order chi connectivity index (χ1) is 8.65. The molecule has 0 saturated heterocycles.